The Kier molecular flexibility index (Phi) is 4.71. The van der Waals surface area contributed by atoms with Crippen molar-refractivity contribution in [3.8, 4) is 11.5 Å². The highest BCUT2D eigenvalue weighted by molar-refractivity contribution is 7.98. The second kappa shape index (κ2) is 6.73. The molecule has 0 saturated carbocycles. The van der Waals surface area contributed by atoms with Crippen LogP contribution in [0.2, 0.25) is 10.0 Å². The molecule has 0 aliphatic rings. The molecule has 0 amide bonds. The van der Waals surface area contributed by atoms with Gasteiger partial charge in [-0.25, -0.2) is 0 Å². The minimum atomic E-state index is 0.515. The smallest absolute Gasteiger partial charge is 0.277 e. The molecule has 0 aliphatic carbocycles. The molecule has 0 saturated heterocycles. The first-order valence-corrected chi connectivity index (χ1v) is 8.33. The van der Waals surface area contributed by atoms with Crippen molar-refractivity contribution in [3.05, 3.63) is 63.6 Å². The third-order valence-corrected chi connectivity index (χ3v) is 4.53. The molecule has 2 aromatic carbocycles. The SMILES string of the molecule is Cc1ccc(-c2nnc(SCc3ccc(Cl)cc3Cl)o2)cc1. The molecule has 3 nitrogen and oxygen atoms in total. The maximum Gasteiger partial charge on any atom is 0.277 e. The molecule has 0 radical (unpaired) electrons. The topological polar surface area (TPSA) is 38.9 Å². The van der Waals surface area contributed by atoms with Gasteiger partial charge in [0.15, 0.2) is 0 Å². The van der Waals surface area contributed by atoms with E-state index in [9.17, 15) is 0 Å². The van der Waals surface area contributed by atoms with E-state index in [-0.39, 0.29) is 0 Å². The van der Waals surface area contributed by atoms with E-state index in [0.717, 1.165) is 11.1 Å². The van der Waals surface area contributed by atoms with Gasteiger partial charge in [0, 0.05) is 21.4 Å². The Hall–Kier alpha value is -1.49. The van der Waals surface area contributed by atoms with Gasteiger partial charge in [-0.2, -0.15) is 0 Å². The Morgan fingerprint density at radius 1 is 1.05 bits per heavy atom. The summed E-state index contributed by atoms with van der Waals surface area (Å²) in [7, 11) is 0. The number of rotatable bonds is 4. The van der Waals surface area contributed by atoms with Crippen LogP contribution in [0.3, 0.4) is 0 Å². The number of benzene rings is 2. The van der Waals surface area contributed by atoms with Gasteiger partial charge in [-0.1, -0.05) is 58.7 Å². The van der Waals surface area contributed by atoms with E-state index >= 15 is 0 Å². The van der Waals surface area contributed by atoms with Crippen molar-refractivity contribution in [2.45, 2.75) is 17.9 Å². The molecular weight excluding hydrogens is 339 g/mol. The molecule has 0 fully saturated rings. The van der Waals surface area contributed by atoms with E-state index in [1.807, 2.05) is 43.3 Å². The number of hydrogen-bond donors (Lipinski definition) is 0. The molecule has 0 aliphatic heterocycles. The number of hydrogen-bond acceptors (Lipinski definition) is 4. The van der Waals surface area contributed by atoms with Crippen LogP contribution in [-0.4, -0.2) is 10.2 Å². The Bertz CT molecular complexity index is 787. The van der Waals surface area contributed by atoms with Crippen LogP contribution in [0.25, 0.3) is 11.5 Å². The van der Waals surface area contributed by atoms with Crippen LogP contribution in [0.15, 0.2) is 52.1 Å². The summed E-state index contributed by atoms with van der Waals surface area (Å²) < 4.78 is 5.67. The average Bonchev–Trinajstić information content (AvgIpc) is 2.96. The lowest BCUT2D eigenvalue weighted by atomic mass is 10.1. The Morgan fingerprint density at radius 3 is 2.55 bits per heavy atom. The fraction of sp³-hybridized carbons (Fsp3) is 0.125. The number of halogens is 2. The Balaban J connectivity index is 1.70. The van der Waals surface area contributed by atoms with E-state index in [0.29, 0.717) is 26.9 Å². The average molecular weight is 351 g/mol. The molecule has 0 atom stereocenters. The van der Waals surface area contributed by atoms with E-state index < -0.39 is 0 Å². The second-order valence-electron chi connectivity index (χ2n) is 4.76. The first-order valence-electron chi connectivity index (χ1n) is 6.59. The van der Waals surface area contributed by atoms with Crippen molar-refractivity contribution < 1.29 is 4.42 Å². The summed E-state index contributed by atoms with van der Waals surface area (Å²) in [5.41, 5.74) is 3.08. The quantitative estimate of drug-likeness (QED) is 0.570. The standard InChI is InChI=1S/C16H12Cl2N2OS/c1-10-2-4-11(5-3-10)15-19-20-16(21-15)22-9-12-6-7-13(17)8-14(12)18/h2-8H,9H2,1H3. The fourth-order valence-corrected chi connectivity index (χ4v) is 3.18. The summed E-state index contributed by atoms with van der Waals surface area (Å²) in [5, 5.41) is 9.90. The molecule has 0 N–H and O–H groups in total. The maximum absolute atomic E-state index is 6.15. The van der Waals surface area contributed by atoms with Gasteiger partial charge in [0.25, 0.3) is 5.22 Å². The van der Waals surface area contributed by atoms with E-state index in [1.54, 1.807) is 6.07 Å². The third-order valence-electron chi connectivity index (χ3n) is 3.07. The van der Waals surface area contributed by atoms with Crippen LogP contribution in [0.4, 0.5) is 0 Å². The highest BCUT2D eigenvalue weighted by Gasteiger charge is 2.10. The normalized spacial score (nSPS) is 10.9. The minimum absolute atomic E-state index is 0.515. The highest BCUT2D eigenvalue weighted by atomic mass is 35.5. The third kappa shape index (κ3) is 3.64. The number of nitrogens with zero attached hydrogens (tertiary/aromatic N) is 2. The molecule has 3 aromatic rings. The van der Waals surface area contributed by atoms with Crippen LogP contribution < -0.4 is 0 Å². The monoisotopic (exact) mass is 350 g/mol. The molecule has 0 unspecified atom stereocenters. The van der Waals surface area contributed by atoms with E-state index in [2.05, 4.69) is 10.2 Å². The van der Waals surface area contributed by atoms with Crippen LogP contribution in [0, 0.1) is 6.92 Å². The van der Waals surface area contributed by atoms with Crippen LogP contribution >= 0.6 is 35.0 Å². The van der Waals surface area contributed by atoms with Crippen molar-refractivity contribution in [2.75, 3.05) is 0 Å². The molecule has 112 valence electrons. The zero-order chi connectivity index (χ0) is 15.5. The second-order valence-corrected chi connectivity index (χ2v) is 6.53. The molecule has 1 aromatic heterocycles. The van der Waals surface area contributed by atoms with Gasteiger partial charge in [-0.3, -0.25) is 0 Å². The van der Waals surface area contributed by atoms with Crippen molar-refractivity contribution >= 4 is 35.0 Å². The first-order chi connectivity index (χ1) is 10.6. The van der Waals surface area contributed by atoms with Crippen molar-refractivity contribution in [1.29, 1.82) is 0 Å². The molecule has 0 bridgehead atoms. The molecule has 1 heterocycles. The summed E-state index contributed by atoms with van der Waals surface area (Å²) >= 11 is 13.5. The summed E-state index contributed by atoms with van der Waals surface area (Å²) in [4.78, 5) is 0. The van der Waals surface area contributed by atoms with Gasteiger partial charge >= 0.3 is 0 Å². The lowest BCUT2D eigenvalue weighted by Crippen LogP contribution is -1.82. The van der Waals surface area contributed by atoms with Crippen LogP contribution in [-0.2, 0) is 5.75 Å². The summed E-state index contributed by atoms with van der Waals surface area (Å²) in [5.74, 6) is 1.16. The molecule has 22 heavy (non-hydrogen) atoms. The number of thioether (sulfide) groups is 1. The van der Waals surface area contributed by atoms with Gasteiger partial charge in [-0.05, 0) is 36.8 Å². The predicted octanol–water partition coefficient (Wildman–Crippen LogP) is 5.64. The maximum atomic E-state index is 6.15. The van der Waals surface area contributed by atoms with Crippen molar-refractivity contribution in [3.63, 3.8) is 0 Å². The van der Waals surface area contributed by atoms with Gasteiger partial charge in [-0.15, -0.1) is 10.2 Å². The lowest BCUT2D eigenvalue weighted by molar-refractivity contribution is 0.466. The van der Waals surface area contributed by atoms with Crippen LogP contribution in [0.5, 0.6) is 0 Å². The van der Waals surface area contributed by atoms with E-state index in [1.165, 1.54) is 17.3 Å². The molecular formula is C16H12Cl2N2OS. The largest absolute Gasteiger partial charge is 0.411 e. The van der Waals surface area contributed by atoms with Crippen molar-refractivity contribution in [2.24, 2.45) is 0 Å². The molecule has 3 rings (SSSR count). The zero-order valence-electron chi connectivity index (χ0n) is 11.7. The fourth-order valence-electron chi connectivity index (χ4n) is 1.86. The van der Waals surface area contributed by atoms with Gasteiger partial charge in [0.2, 0.25) is 5.89 Å². The minimum Gasteiger partial charge on any atom is -0.411 e. The molecule has 0 spiro atoms. The first kappa shape index (κ1) is 15.4. The molecule has 6 heteroatoms. The van der Waals surface area contributed by atoms with Gasteiger partial charge in [0.05, 0.1) is 0 Å². The number of aryl methyl sites for hydroxylation is 1. The van der Waals surface area contributed by atoms with Gasteiger partial charge < -0.3 is 4.42 Å². The zero-order valence-corrected chi connectivity index (χ0v) is 14.0. The summed E-state index contributed by atoms with van der Waals surface area (Å²) in [6.07, 6.45) is 0. The summed E-state index contributed by atoms with van der Waals surface area (Å²) in [6.45, 7) is 2.04. The van der Waals surface area contributed by atoms with E-state index in [4.69, 9.17) is 27.6 Å². The van der Waals surface area contributed by atoms with Crippen molar-refractivity contribution in [1.82, 2.24) is 10.2 Å². The van der Waals surface area contributed by atoms with Gasteiger partial charge in [0.1, 0.15) is 0 Å². The number of aromatic nitrogens is 2. The Morgan fingerprint density at radius 2 is 1.82 bits per heavy atom. The summed E-state index contributed by atoms with van der Waals surface area (Å²) in [6, 6.07) is 13.4. The highest BCUT2D eigenvalue weighted by Crippen LogP contribution is 2.29. The Labute approximate surface area is 142 Å². The predicted molar refractivity (Wildman–Crippen MR) is 90.5 cm³/mol. The lowest BCUT2D eigenvalue weighted by Gasteiger charge is -2.02. The van der Waals surface area contributed by atoms with Crippen LogP contribution in [0.1, 0.15) is 11.1 Å².